The molecule has 2 aromatic carbocycles. The van der Waals surface area contributed by atoms with Crippen molar-refractivity contribution in [3.8, 4) is 0 Å². The third-order valence-corrected chi connectivity index (χ3v) is 3.04. The lowest BCUT2D eigenvalue weighted by Crippen LogP contribution is -2.09. The predicted octanol–water partition coefficient (Wildman–Crippen LogP) is 2.52. The number of benzene rings is 2. The number of hydrogen-bond acceptors (Lipinski definition) is 2. The van der Waals surface area contributed by atoms with E-state index in [4.69, 9.17) is 5.11 Å². The van der Waals surface area contributed by atoms with Gasteiger partial charge in [0.2, 0.25) is 0 Å². The molecule has 1 aromatic heterocycles. The molecule has 0 saturated carbocycles. The summed E-state index contributed by atoms with van der Waals surface area (Å²) in [5.41, 5.74) is -0.145. The third-order valence-electron chi connectivity index (χ3n) is 3.04. The maximum absolute atomic E-state index is 13.8. The smallest absolute Gasteiger partial charge is 0.337 e. The molecule has 0 bridgehead atoms. The van der Waals surface area contributed by atoms with Crippen LogP contribution >= 0.6 is 0 Å². The largest absolute Gasteiger partial charge is 0.478 e. The van der Waals surface area contributed by atoms with Gasteiger partial charge in [0.1, 0.15) is 5.82 Å². The third kappa shape index (κ3) is 1.59. The maximum atomic E-state index is 13.8. The van der Waals surface area contributed by atoms with Crippen LogP contribution < -0.4 is 5.43 Å². The van der Waals surface area contributed by atoms with Crippen molar-refractivity contribution in [1.82, 2.24) is 4.98 Å². The van der Waals surface area contributed by atoms with Crippen molar-refractivity contribution >= 4 is 27.8 Å². The molecule has 3 rings (SSSR count). The lowest BCUT2D eigenvalue weighted by atomic mass is 10.1. The van der Waals surface area contributed by atoms with Gasteiger partial charge in [0.15, 0.2) is 5.43 Å². The van der Waals surface area contributed by atoms with E-state index < -0.39 is 17.2 Å². The molecule has 2 N–H and O–H groups in total. The lowest BCUT2D eigenvalue weighted by Gasteiger charge is -2.06. The van der Waals surface area contributed by atoms with Crippen molar-refractivity contribution < 1.29 is 14.3 Å². The molecule has 0 amide bonds. The van der Waals surface area contributed by atoms with E-state index in [0.29, 0.717) is 10.9 Å². The van der Waals surface area contributed by atoms with Crippen LogP contribution in [-0.4, -0.2) is 16.1 Å². The summed E-state index contributed by atoms with van der Waals surface area (Å²) in [5, 5.41) is 9.20. The average molecular weight is 257 g/mol. The van der Waals surface area contributed by atoms with Gasteiger partial charge >= 0.3 is 5.97 Å². The summed E-state index contributed by atoms with van der Waals surface area (Å²) in [6.45, 7) is 0. The molecule has 0 unspecified atom stereocenters. The van der Waals surface area contributed by atoms with Gasteiger partial charge in [0, 0.05) is 10.9 Å². The number of H-pyrrole nitrogens is 1. The van der Waals surface area contributed by atoms with E-state index in [9.17, 15) is 14.0 Å². The molecule has 0 radical (unpaired) electrons. The summed E-state index contributed by atoms with van der Waals surface area (Å²) in [6.07, 6.45) is 0. The number of halogens is 1. The molecule has 0 saturated heterocycles. The molecule has 5 heteroatoms. The first kappa shape index (κ1) is 11.4. The molecule has 0 aliphatic rings. The van der Waals surface area contributed by atoms with Crippen molar-refractivity contribution in [3.63, 3.8) is 0 Å². The first-order valence-electron chi connectivity index (χ1n) is 5.56. The Morgan fingerprint density at radius 3 is 2.63 bits per heavy atom. The maximum Gasteiger partial charge on any atom is 0.337 e. The number of carboxylic acids is 1. The van der Waals surface area contributed by atoms with Crippen LogP contribution in [0, 0.1) is 5.82 Å². The van der Waals surface area contributed by atoms with Gasteiger partial charge < -0.3 is 10.1 Å². The van der Waals surface area contributed by atoms with Crippen LogP contribution in [-0.2, 0) is 0 Å². The van der Waals surface area contributed by atoms with E-state index in [-0.39, 0.29) is 16.5 Å². The van der Waals surface area contributed by atoms with Crippen LogP contribution in [0.4, 0.5) is 4.39 Å². The number of fused-ring (bicyclic) bond motifs is 2. The molecule has 94 valence electrons. The summed E-state index contributed by atoms with van der Waals surface area (Å²) in [4.78, 5) is 26.2. The molecule has 19 heavy (non-hydrogen) atoms. The lowest BCUT2D eigenvalue weighted by molar-refractivity contribution is 0.0699. The van der Waals surface area contributed by atoms with E-state index in [1.54, 1.807) is 24.3 Å². The van der Waals surface area contributed by atoms with Gasteiger partial charge in [0.05, 0.1) is 16.5 Å². The number of para-hydroxylation sites is 1. The highest BCUT2D eigenvalue weighted by atomic mass is 19.1. The molecule has 0 aliphatic heterocycles. The molecular formula is C14H8FNO3. The Bertz CT molecular complexity index is 883. The zero-order chi connectivity index (χ0) is 13.6. The molecular weight excluding hydrogens is 249 g/mol. The van der Waals surface area contributed by atoms with E-state index in [1.165, 1.54) is 0 Å². The molecule has 0 fully saturated rings. The highest BCUT2D eigenvalue weighted by Gasteiger charge is 2.16. The summed E-state index contributed by atoms with van der Waals surface area (Å²) < 4.78 is 13.8. The Hall–Kier alpha value is -2.69. The molecule has 0 atom stereocenters. The number of nitrogens with one attached hydrogen (secondary N) is 1. The van der Waals surface area contributed by atoms with E-state index >= 15 is 0 Å². The van der Waals surface area contributed by atoms with Gasteiger partial charge in [0.25, 0.3) is 0 Å². The molecule has 1 heterocycles. The SMILES string of the molecule is O=C(O)c1ccc(F)c2c(=O)c3ccccc3[nH]c12. The summed E-state index contributed by atoms with van der Waals surface area (Å²) >= 11 is 0. The number of aromatic amines is 1. The van der Waals surface area contributed by atoms with E-state index in [1.807, 2.05) is 0 Å². The fourth-order valence-electron chi connectivity index (χ4n) is 2.17. The average Bonchev–Trinajstić information content (AvgIpc) is 2.38. The zero-order valence-corrected chi connectivity index (χ0v) is 9.61. The quantitative estimate of drug-likeness (QED) is 0.658. The Morgan fingerprint density at radius 1 is 1.16 bits per heavy atom. The fraction of sp³-hybridized carbons (Fsp3) is 0. The first-order chi connectivity index (χ1) is 9.09. The Labute approximate surface area is 106 Å². The second kappa shape index (κ2) is 3.91. The number of aromatic nitrogens is 1. The van der Waals surface area contributed by atoms with Gasteiger partial charge in [-0.1, -0.05) is 12.1 Å². The van der Waals surface area contributed by atoms with Crippen molar-refractivity contribution in [3.05, 3.63) is 58.0 Å². The van der Waals surface area contributed by atoms with Crippen LogP contribution in [0.3, 0.4) is 0 Å². The molecule has 3 aromatic rings. The summed E-state index contributed by atoms with van der Waals surface area (Å²) in [5.74, 6) is -1.94. The van der Waals surface area contributed by atoms with Gasteiger partial charge in [-0.2, -0.15) is 0 Å². The van der Waals surface area contributed by atoms with Gasteiger partial charge in [-0.3, -0.25) is 4.79 Å². The van der Waals surface area contributed by atoms with Crippen molar-refractivity contribution in [2.24, 2.45) is 0 Å². The van der Waals surface area contributed by atoms with Crippen LogP contribution in [0.25, 0.3) is 21.8 Å². The summed E-state index contributed by atoms with van der Waals surface area (Å²) in [7, 11) is 0. The van der Waals surface area contributed by atoms with Gasteiger partial charge in [-0.15, -0.1) is 0 Å². The highest BCUT2D eigenvalue weighted by molar-refractivity contribution is 6.04. The standard InChI is InChI=1S/C14H8FNO3/c15-9-6-5-8(14(18)19)12-11(9)13(17)7-3-1-2-4-10(7)16-12/h1-6H,(H,16,17)(H,18,19). The number of carboxylic acid groups (broad SMARTS) is 1. The second-order valence-corrected chi connectivity index (χ2v) is 4.15. The van der Waals surface area contributed by atoms with Gasteiger partial charge in [-0.05, 0) is 24.3 Å². The minimum absolute atomic E-state index is 0.0104. The van der Waals surface area contributed by atoms with E-state index in [0.717, 1.165) is 12.1 Å². The van der Waals surface area contributed by atoms with Crippen LogP contribution in [0.1, 0.15) is 10.4 Å². The normalized spacial score (nSPS) is 11.0. The number of pyridine rings is 1. The minimum Gasteiger partial charge on any atom is -0.478 e. The van der Waals surface area contributed by atoms with Crippen LogP contribution in [0.5, 0.6) is 0 Å². The van der Waals surface area contributed by atoms with Crippen LogP contribution in [0.2, 0.25) is 0 Å². The summed E-state index contributed by atoms with van der Waals surface area (Å²) in [6, 6.07) is 8.74. The van der Waals surface area contributed by atoms with Crippen molar-refractivity contribution in [2.45, 2.75) is 0 Å². The topological polar surface area (TPSA) is 70.2 Å². The Balaban J connectivity index is 2.64. The first-order valence-corrected chi connectivity index (χ1v) is 5.56. The fourth-order valence-corrected chi connectivity index (χ4v) is 2.17. The minimum atomic E-state index is -1.21. The number of hydrogen-bond donors (Lipinski definition) is 2. The number of aromatic carboxylic acids is 1. The predicted molar refractivity (Wildman–Crippen MR) is 69.0 cm³/mol. The Kier molecular flexibility index (Phi) is 2.35. The number of rotatable bonds is 1. The second-order valence-electron chi connectivity index (χ2n) is 4.15. The van der Waals surface area contributed by atoms with Crippen molar-refractivity contribution in [1.29, 1.82) is 0 Å². The monoisotopic (exact) mass is 257 g/mol. The number of carbonyl (C=O) groups is 1. The highest BCUT2D eigenvalue weighted by Crippen LogP contribution is 2.20. The zero-order valence-electron chi connectivity index (χ0n) is 9.61. The van der Waals surface area contributed by atoms with Gasteiger partial charge in [-0.25, -0.2) is 9.18 Å². The van der Waals surface area contributed by atoms with Crippen molar-refractivity contribution in [2.75, 3.05) is 0 Å². The van der Waals surface area contributed by atoms with Crippen LogP contribution in [0.15, 0.2) is 41.2 Å². The van der Waals surface area contributed by atoms with E-state index in [2.05, 4.69) is 4.98 Å². The molecule has 0 spiro atoms. The molecule has 4 nitrogen and oxygen atoms in total. The molecule has 0 aliphatic carbocycles. The Morgan fingerprint density at radius 2 is 1.89 bits per heavy atom.